The number of carboxylic acid groups (broad SMARTS) is 1. The molecule has 1 aliphatic rings. The number of methoxy groups -OCH3 is 1. The van der Waals surface area contributed by atoms with Crippen molar-refractivity contribution in [3.63, 3.8) is 0 Å². The van der Waals surface area contributed by atoms with E-state index in [2.05, 4.69) is 0 Å². The van der Waals surface area contributed by atoms with Crippen LogP contribution >= 0.6 is 0 Å². The molecule has 2 rings (SSSR count). The highest BCUT2D eigenvalue weighted by Crippen LogP contribution is 2.40. The monoisotopic (exact) mass is 228 g/mol. The number of carboxylic acids is 1. The summed E-state index contributed by atoms with van der Waals surface area (Å²) in [5.41, 5.74) is -0.561. The number of hydrogen-bond acceptors (Lipinski definition) is 4. The van der Waals surface area contributed by atoms with Crippen LogP contribution in [0.2, 0.25) is 0 Å². The number of aromatic carboxylic acids is 1. The number of hydrogen-bond donors (Lipinski definition) is 1. The first-order chi connectivity index (χ1) is 7.65. The predicted octanol–water partition coefficient (Wildman–Crippen LogP) is 1.30. The Bertz CT molecular complexity index is 443. The zero-order valence-corrected chi connectivity index (χ0v) is 8.45. The first kappa shape index (κ1) is 10.5. The fraction of sp³-hybridized carbons (Fsp3) is 0.300. The summed E-state index contributed by atoms with van der Waals surface area (Å²) in [5.74, 6) is -2.46. The molecule has 1 aromatic rings. The Morgan fingerprint density at radius 3 is 2.81 bits per heavy atom. The van der Waals surface area contributed by atoms with Crippen LogP contribution in [0.1, 0.15) is 10.4 Å². The van der Waals surface area contributed by atoms with Crippen LogP contribution in [-0.2, 0) is 0 Å². The summed E-state index contributed by atoms with van der Waals surface area (Å²) in [6, 6.07) is 1.27. The van der Waals surface area contributed by atoms with Crippen molar-refractivity contribution in [1.82, 2.24) is 0 Å². The molecule has 0 saturated carbocycles. The van der Waals surface area contributed by atoms with E-state index < -0.39 is 17.3 Å². The van der Waals surface area contributed by atoms with Crippen molar-refractivity contribution >= 4 is 5.97 Å². The maximum Gasteiger partial charge on any atom is 0.342 e. The average molecular weight is 228 g/mol. The van der Waals surface area contributed by atoms with E-state index in [9.17, 15) is 9.18 Å². The van der Waals surface area contributed by atoms with Gasteiger partial charge in [0.05, 0.1) is 7.11 Å². The molecule has 0 unspecified atom stereocenters. The van der Waals surface area contributed by atoms with E-state index in [-0.39, 0.29) is 23.9 Å². The summed E-state index contributed by atoms with van der Waals surface area (Å²) >= 11 is 0. The highest BCUT2D eigenvalue weighted by atomic mass is 19.1. The molecule has 1 heterocycles. The van der Waals surface area contributed by atoms with Crippen molar-refractivity contribution in [3.8, 4) is 17.2 Å². The lowest BCUT2D eigenvalue weighted by molar-refractivity contribution is 0.0678. The Balaban J connectivity index is 2.67. The molecular weight excluding hydrogens is 219 g/mol. The van der Waals surface area contributed by atoms with Crippen LogP contribution in [0.3, 0.4) is 0 Å². The molecule has 0 aromatic heterocycles. The second-order valence-corrected chi connectivity index (χ2v) is 3.10. The van der Waals surface area contributed by atoms with Gasteiger partial charge in [0.15, 0.2) is 23.1 Å². The standard InChI is InChI=1S/C10H9FO5/c1-14-5-4-6-9(16-3-2-15-6)7(8(5)11)10(12)13/h4H,2-3H2,1H3,(H,12,13). The molecule has 1 aromatic carbocycles. The topological polar surface area (TPSA) is 65.0 Å². The molecule has 0 fully saturated rings. The van der Waals surface area contributed by atoms with Crippen molar-refractivity contribution in [2.75, 3.05) is 20.3 Å². The largest absolute Gasteiger partial charge is 0.494 e. The summed E-state index contributed by atoms with van der Waals surface area (Å²) < 4.78 is 28.7. The molecule has 0 atom stereocenters. The predicted molar refractivity (Wildman–Crippen MR) is 50.9 cm³/mol. The van der Waals surface area contributed by atoms with Crippen molar-refractivity contribution in [2.45, 2.75) is 0 Å². The van der Waals surface area contributed by atoms with Gasteiger partial charge in [0.25, 0.3) is 0 Å². The normalized spacial score (nSPS) is 13.4. The molecule has 5 nitrogen and oxygen atoms in total. The first-order valence-corrected chi connectivity index (χ1v) is 4.54. The molecule has 0 amide bonds. The van der Waals surface area contributed by atoms with Gasteiger partial charge < -0.3 is 19.3 Å². The lowest BCUT2D eigenvalue weighted by atomic mass is 10.1. The molecule has 0 bridgehead atoms. The molecular formula is C10H9FO5. The SMILES string of the molecule is COc1cc2c(c(C(=O)O)c1F)OCCO2. The minimum Gasteiger partial charge on any atom is -0.494 e. The third-order valence-corrected chi connectivity index (χ3v) is 2.17. The number of benzene rings is 1. The van der Waals surface area contributed by atoms with E-state index in [0.29, 0.717) is 6.61 Å². The van der Waals surface area contributed by atoms with Gasteiger partial charge in [0.2, 0.25) is 0 Å². The van der Waals surface area contributed by atoms with Gasteiger partial charge >= 0.3 is 5.97 Å². The molecule has 0 aliphatic carbocycles. The van der Waals surface area contributed by atoms with Crippen LogP contribution in [0.25, 0.3) is 0 Å². The fourth-order valence-corrected chi connectivity index (χ4v) is 1.48. The third kappa shape index (κ3) is 1.52. The van der Waals surface area contributed by atoms with Crippen molar-refractivity contribution in [2.24, 2.45) is 0 Å². The number of carbonyl (C=O) groups is 1. The summed E-state index contributed by atoms with van der Waals surface area (Å²) in [6.45, 7) is 0.486. The Hall–Kier alpha value is -1.98. The molecule has 0 radical (unpaired) electrons. The molecule has 0 spiro atoms. The van der Waals surface area contributed by atoms with Gasteiger partial charge in [-0.2, -0.15) is 0 Å². The minimum absolute atomic E-state index is 0.0861. The van der Waals surface area contributed by atoms with E-state index in [0.717, 1.165) is 0 Å². The molecule has 86 valence electrons. The van der Waals surface area contributed by atoms with E-state index in [1.807, 2.05) is 0 Å². The van der Waals surface area contributed by atoms with Gasteiger partial charge in [-0.05, 0) is 0 Å². The zero-order chi connectivity index (χ0) is 11.7. The summed E-state index contributed by atoms with van der Waals surface area (Å²) in [6.07, 6.45) is 0. The van der Waals surface area contributed by atoms with Crippen LogP contribution in [0.4, 0.5) is 4.39 Å². The van der Waals surface area contributed by atoms with E-state index >= 15 is 0 Å². The van der Waals surface area contributed by atoms with Crippen molar-refractivity contribution in [3.05, 3.63) is 17.4 Å². The van der Waals surface area contributed by atoms with Gasteiger partial charge in [-0.15, -0.1) is 0 Å². The van der Waals surface area contributed by atoms with E-state index in [1.54, 1.807) is 0 Å². The van der Waals surface area contributed by atoms with Crippen molar-refractivity contribution < 1.29 is 28.5 Å². The number of fused-ring (bicyclic) bond motifs is 1. The average Bonchev–Trinajstić information content (AvgIpc) is 2.27. The first-order valence-electron chi connectivity index (χ1n) is 4.54. The van der Waals surface area contributed by atoms with Gasteiger partial charge in [-0.25, -0.2) is 9.18 Å². The van der Waals surface area contributed by atoms with Gasteiger partial charge in [0, 0.05) is 6.07 Å². The molecule has 0 saturated heterocycles. The van der Waals surface area contributed by atoms with Crippen LogP contribution in [0.5, 0.6) is 17.2 Å². The Morgan fingerprint density at radius 2 is 2.19 bits per heavy atom. The Kier molecular flexibility index (Phi) is 2.55. The van der Waals surface area contributed by atoms with Gasteiger partial charge in [0.1, 0.15) is 18.8 Å². The number of rotatable bonds is 2. The van der Waals surface area contributed by atoms with Crippen molar-refractivity contribution in [1.29, 1.82) is 0 Å². The highest BCUT2D eigenvalue weighted by molar-refractivity contribution is 5.93. The lowest BCUT2D eigenvalue weighted by Crippen LogP contribution is -2.19. The second-order valence-electron chi connectivity index (χ2n) is 3.10. The van der Waals surface area contributed by atoms with Crippen LogP contribution in [0.15, 0.2) is 6.07 Å². The smallest absolute Gasteiger partial charge is 0.342 e. The third-order valence-electron chi connectivity index (χ3n) is 2.17. The lowest BCUT2D eigenvalue weighted by Gasteiger charge is -2.21. The fourth-order valence-electron chi connectivity index (χ4n) is 1.48. The Labute approximate surface area is 90.3 Å². The highest BCUT2D eigenvalue weighted by Gasteiger charge is 2.28. The molecule has 1 N–H and O–H groups in total. The van der Waals surface area contributed by atoms with Crippen LogP contribution in [-0.4, -0.2) is 31.4 Å². The summed E-state index contributed by atoms with van der Waals surface area (Å²) in [7, 11) is 1.25. The quantitative estimate of drug-likeness (QED) is 0.826. The van der Waals surface area contributed by atoms with Gasteiger partial charge in [-0.1, -0.05) is 0 Å². The maximum atomic E-state index is 13.7. The second kappa shape index (κ2) is 3.88. The summed E-state index contributed by atoms with van der Waals surface area (Å²) in [5, 5.41) is 8.91. The molecule has 16 heavy (non-hydrogen) atoms. The Morgan fingerprint density at radius 1 is 1.50 bits per heavy atom. The molecule has 1 aliphatic heterocycles. The molecule has 6 heteroatoms. The number of halogens is 1. The van der Waals surface area contributed by atoms with E-state index in [1.165, 1.54) is 13.2 Å². The maximum absolute atomic E-state index is 13.7. The van der Waals surface area contributed by atoms with Gasteiger partial charge in [-0.3, -0.25) is 0 Å². The minimum atomic E-state index is -1.42. The summed E-state index contributed by atoms with van der Waals surface area (Å²) in [4.78, 5) is 10.9. The zero-order valence-electron chi connectivity index (χ0n) is 8.45. The van der Waals surface area contributed by atoms with E-state index in [4.69, 9.17) is 19.3 Å². The number of ether oxygens (including phenoxy) is 3. The van der Waals surface area contributed by atoms with Crippen LogP contribution in [0, 0.1) is 5.82 Å². The van der Waals surface area contributed by atoms with Crippen LogP contribution < -0.4 is 14.2 Å².